The first-order valence-corrected chi connectivity index (χ1v) is 16.4. The molecule has 12 heteroatoms. The lowest BCUT2D eigenvalue weighted by atomic mass is 10.1. The maximum atomic E-state index is 14.3. The molecular weight excluding hydrogens is 625 g/mol. The summed E-state index contributed by atoms with van der Waals surface area (Å²) in [5.41, 5.74) is 2.58. The second-order valence-electron chi connectivity index (χ2n) is 10.4. The van der Waals surface area contributed by atoms with Crippen molar-refractivity contribution in [1.29, 1.82) is 0 Å². The fourth-order valence-corrected chi connectivity index (χ4v) is 6.58. The van der Waals surface area contributed by atoms with Crippen molar-refractivity contribution in [2.45, 2.75) is 58.0 Å². The summed E-state index contributed by atoms with van der Waals surface area (Å²) in [5.74, 6) is -0.321. The van der Waals surface area contributed by atoms with Crippen LogP contribution in [0.5, 0.6) is 11.5 Å². The van der Waals surface area contributed by atoms with E-state index in [1.807, 2.05) is 26.8 Å². The number of rotatable bonds is 14. The standard InChI is InChI=1S/C32H39Cl2N3O6S/c1-7-13-35-32(39)28(8-2)36(19-23-9-11-26(33)27(34)17-23)31(38)20-37(24-15-21(3)14-22(4)16-24)44(40,41)25-10-12-29(42-5)30(18-25)43-6/h9-12,14-18,28H,7-8,13,19-20H2,1-6H3,(H,35,39)/t28-/m1/s1. The van der Waals surface area contributed by atoms with Crippen LogP contribution in [0, 0.1) is 13.8 Å². The van der Waals surface area contributed by atoms with Crippen molar-refractivity contribution in [2.24, 2.45) is 0 Å². The van der Waals surface area contributed by atoms with Gasteiger partial charge in [-0.2, -0.15) is 0 Å². The van der Waals surface area contributed by atoms with Gasteiger partial charge in [0.1, 0.15) is 12.6 Å². The Morgan fingerprint density at radius 2 is 1.55 bits per heavy atom. The SMILES string of the molecule is CCCNC(=O)[C@@H](CC)N(Cc1ccc(Cl)c(Cl)c1)C(=O)CN(c1cc(C)cc(C)c1)S(=O)(=O)c1ccc(OC)c(OC)c1. The van der Waals surface area contributed by atoms with Crippen LogP contribution in [-0.4, -0.2) is 58.5 Å². The summed E-state index contributed by atoms with van der Waals surface area (Å²) < 4.78 is 40.3. The predicted molar refractivity (Wildman–Crippen MR) is 174 cm³/mol. The van der Waals surface area contributed by atoms with E-state index in [0.29, 0.717) is 46.4 Å². The molecule has 9 nitrogen and oxygen atoms in total. The van der Waals surface area contributed by atoms with Crippen LogP contribution >= 0.6 is 23.2 Å². The van der Waals surface area contributed by atoms with E-state index in [9.17, 15) is 18.0 Å². The molecule has 2 amide bonds. The van der Waals surface area contributed by atoms with Crippen LogP contribution in [0.4, 0.5) is 5.69 Å². The lowest BCUT2D eigenvalue weighted by molar-refractivity contribution is -0.140. The molecule has 44 heavy (non-hydrogen) atoms. The molecule has 1 N–H and O–H groups in total. The monoisotopic (exact) mass is 663 g/mol. The maximum Gasteiger partial charge on any atom is 0.264 e. The number of hydrogen-bond acceptors (Lipinski definition) is 6. The molecule has 0 bridgehead atoms. The first-order valence-electron chi connectivity index (χ1n) is 14.2. The average molecular weight is 665 g/mol. The van der Waals surface area contributed by atoms with Crippen LogP contribution in [0.15, 0.2) is 59.5 Å². The van der Waals surface area contributed by atoms with Gasteiger partial charge in [-0.1, -0.05) is 49.2 Å². The smallest absolute Gasteiger partial charge is 0.264 e. The summed E-state index contributed by atoms with van der Waals surface area (Å²) in [6, 6.07) is 13.7. The highest BCUT2D eigenvalue weighted by Crippen LogP contribution is 2.33. The van der Waals surface area contributed by atoms with E-state index in [-0.39, 0.29) is 23.1 Å². The zero-order valence-electron chi connectivity index (χ0n) is 25.8. The van der Waals surface area contributed by atoms with Crippen LogP contribution < -0.4 is 19.1 Å². The van der Waals surface area contributed by atoms with Gasteiger partial charge in [0.25, 0.3) is 10.0 Å². The van der Waals surface area contributed by atoms with Gasteiger partial charge in [0.2, 0.25) is 11.8 Å². The van der Waals surface area contributed by atoms with Gasteiger partial charge in [0, 0.05) is 19.2 Å². The molecule has 0 saturated heterocycles. The van der Waals surface area contributed by atoms with E-state index in [4.69, 9.17) is 32.7 Å². The molecule has 0 unspecified atom stereocenters. The molecule has 0 aromatic heterocycles. The van der Waals surface area contributed by atoms with Crippen molar-refractivity contribution in [3.05, 3.63) is 81.3 Å². The number of halogens is 2. The third-order valence-corrected chi connectivity index (χ3v) is 9.50. The molecule has 0 fully saturated rings. The van der Waals surface area contributed by atoms with Crippen molar-refractivity contribution in [3.8, 4) is 11.5 Å². The molecule has 0 aliphatic heterocycles. The summed E-state index contributed by atoms with van der Waals surface area (Å²) in [6.45, 7) is 7.30. The minimum Gasteiger partial charge on any atom is -0.493 e. The fraction of sp³-hybridized carbons (Fsp3) is 0.375. The number of amides is 2. The molecule has 0 saturated carbocycles. The van der Waals surface area contributed by atoms with Crippen LogP contribution in [0.25, 0.3) is 0 Å². The Morgan fingerprint density at radius 3 is 2.11 bits per heavy atom. The number of anilines is 1. The molecule has 1 atom stereocenters. The second kappa shape index (κ2) is 15.5. The fourth-order valence-electron chi connectivity index (χ4n) is 4.85. The normalized spacial score (nSPS) is 11.9. The molecule has 0 radical (unpaired) electrons. The number of nitrogens with zero attached hydrogens (tertiary/aromatic N) is 2. The third-order valence-electron chi connectivity index (χ3n) is 6.99. The topological polar surface area (TPSA) is 105 Å². The zero-order valence-corrected chi connectivity index (χ0v) is 28.1. The summed E-state index contributed by atoms with van der Waals surface area (Å²) in [7, 11) is -1.45. The van der Waals surface area contributed by atoms with Gasteiger partial charge in [-0.3, -0.25) is 13.9 Å². The Kier molecular flexibility index (Phi) is 12.3. The van der Waals surface area contributed by atoms with Gasteiger partial charge >= 0.3 is 0 Å². The highest BCUT2D eigenvalue weighted by molar-refractivity contribution is 7.92. The quantitative estimate of drug-likeness (QED) is 0.222. The van der Waals surface area contributed by atoms with Gasteiger partial charge in [-0.15, -0.1) is 0 Å². The number of ether oxygens (including phenoxy) is 2. The Morgan fingerprint density at radius 1 is 0.886 bits per heavy atom. The van der Waals surface area contributed by atoms with Crippen LogP contribution in [0.3, 0.4) is 0 Å². The van der Waals surface area contributed by atoms with E-state index in [2.05, 4.69) is 5.32 Å². The first kappa shape index (κ1) is 35.0. The van der Waals surface area contributed by atoms with Crippen molar-refractivity contribution < 1.29 is 27.5 Å². The third kappa shape index (κ3) is 8.37. The minimum absolute atomic E-state index is 0.00483. The Labute approximate surface area is 270 Å². The minimum atomic E-state index is -4.31. The predicted octanol–water partition coefficient (Wildman–Crippen LogP) is 6.16. The molecule has 0 heterocycles. The number of carbonyl (C=O) groups is 2. The van der Waals surface area contributed by atoms with Gasteiger partial charge in [-0.05, 0) is 79.8 Å². The molecule has 0 aliphatic rings. The summed E-state index contributed by atoms with van der Waals surface area (Å²) in [6.07, 6.45) is 1.02. The molecule has 0 spiro atoms. The van der Waals surface area contributed by atoms with Crippen LogP contribution in [0.1, 0.15) is 43.4 Å². The molecule has 3 aromatic rings. The van der Waals surface area contributed by atoms with Gasteiger partial charge < -0.3 is 19.7 Å². The van der Waals surface area contributed by atoms with Gasteiger partial charge in [-0.25, -0.2) is 8.42 Å². The molecular formula is C32H39Cl2N3O6S. The van der Waals surface area contributed by atoms with Crippen LogP contribution in [-0.2, 0) is 26.2 Å². The average Bonchev–Trinajstić information content (AvgIpc) is 2.99. The molecule has 3 rings (SSSR count). The Bertz CT molecular complexity index is 1580. The van der Waals surface area contributed by atoms with Crippen LogP contribution in [0.2, 0.25) is 10.0 Å². The summed E-state index contributed by atoms with van der Waals surface area (Å²) >= 11 is 12.4. The first-order chi connectivity index (χ1) is 20.9. The Hall–Kier alpha value is -3.47. The summed E-state index contributed by atoms with van der Waals surface area (Å²) in [5, 5.41) is 3.52. The number of sulfonamides is 1. The van der Waals surface area contributed by atoms with Gasteiger partial charge in [0.05, 0.1) is 34.8 Å². The van der Waals surface area contributed by atoms with E-state index in [0.717, 1.165) is 15.4 Å². The highest BCUT2D eigenvalue weighted by atomic mass is 35.5. The highest BCUT2D eigenvalue weighted by Gasteiger charge is 2.34. The summed E-state index contributed by atoms with van der Waals surface area (Å²) in [4.78, 5) is 28.8. The number of nitrogens with one attached hydrogen (secondary N) is 1. The van der Waals surface area contributed by atoms with E-state index < -0.39 is 28.5 Å². The van der Waals surface area contributed by atoms with E-state index in [1.54, 1.807) is 37.3 Å². The maximum absolute atomic E-state index is 14.3. The van der Waals surface area contributed by atoms with Crippen molar-refractivity contribution in [2.75, 3.05) is 31.6 Å². The zero-order chi connectivity index (χ0) is 32.6. The Balaban J connectivity index is 2.14. The number of hydrogen-bond donors (Lipinski definition) is 1. The number of methoxy groups -OCH3 is 2. The lowest BCUT2D eigenvalue weighted by Crippen LogP contribution is -2.52. The molecule has 238 valence electrons. The van der Waals surface area contributed by atoms with Crippen molar-refractivity contribution in [1.82, 2.24) is 10.2 Å². The second-order valence-corrected chi connectivity index (χ2v) is 13.0. The largest absolute Gasteiger partial charge is 0.493 e. The van der Waals surface area contributed by atoms with Crippen molar-refractivity contribution >= 4 is 50.7 Å². The number of aryl methyl sites for hydroxylation is 2. The molecule has 3 aromatic carbocycles. The van der Waals surface area contributed by atoms with E-state index in [1.165, 1.54) is 37.3 Å². The van der Waals surface area contributed by atoms with Gasteiger partial charge in [0.15, 0.2) is 11.5 Å². The van der Waals surface area contributed by atoms with Crippen molar-refractivity contribution in [3.63, 3.8) is 0 Å². The molecule has 0 aliphatic carbocycles. The lowest BCUT2D eigenvalue weighted by Gasteiger charge is -2.33. The van der Waals surface area contributed by atoms with E-state index >= 15 is 0 Å². The number of benzene rings is 3. The number of carbonyl (C=O) groups excluding carboxylic acids is 2.